The topological polar surface area (TPSA) is 83.9 Å². The van der Waals surface area contributed by atoms with E-state index in [1.165, 1.54) is 12.1 Å². The van der Waals surface area contributed by atoms with Crippen LogP contribution in [0.3, 0.4) is 0 Å². The zero-order chi connectivity index (χ0) is 23.0. The Hall–Kier alpha value is -3.41. The summed E-state index contributed by atoms with van der Waals surface area (Å²) in [6.07, 6.45) is 1.06. The van der Waals surface area contributed by atoms with E-state index in [9.17, 15) is 19.5 Å². The fourth-order valence-electron chi connectivity index (χ4n) is 4.81. The third-order valence-electron chi connectivity index (χ3n) is 6.09. The molecule has 1 unspecified atom stereocenters. The molecular formula is C26H27NO5. The maximum atomic E-state index is 13.5. The lowest BCUT2D eigenvalue weighted by molar-refractivity contribution is -0.121. The van der Waals surface area contributed by atoms with Crippen LogP contribution in [0.15, 0.2) is 59.8 Å². The van der Waals surface area contributed by atoms with Gasteiger partial charge in [0.2, 0.25) is 5.91 Å². The first kappa shape index (κ1) is 21.8. The Morgan fingerprint density at radius 2 is 1.88 bits per heavy atom. The summed E-state index contributed by atoms with van der Waals surface area (Å²) in [5.74, 6) is -0.900. The number of para-hydroxylation sites is 1. The van der Waals surface area contributed by atoms with Crippen molar-refractivity contribution >= 4 is 23.3 Å². The molecule has 2 aliphatic rings. The highest BCUT2D eigenvalue weighted by atomic mass is 16.5. The lowest BCUT2D eigenvalue weighted by Gasteiger charge is -2.43. The van der Waals surface area contributed by atoms with E-state index in [-0.39, 0.29) is 35.0 Å². The van der Waals surface area contributed by atoms with Crippen LogP contribution in [0.2, 0.25) is 0 Å². The van der Waals surface area contributed by atoms with Gasteiger partial charge in [-0.2, -0.15) is 0 Å². The molecule has 6 nitrogen and oxygen atoms in total. The predicted octanol–water partition coefficient (Wildman–Crippen LogP) is 4.95. The molecule has 1 aliphatic heterocycles. The first-order valence-electron chi connectivity index (χ1n) is 10.9. The molecule has 0 saturated carbocycles. The van der Waals surface area contributed by atoms with Gasteiger partial charge in [-0.3, -0.25) is 14.5 Å². The third kappa shape index (κ3) is 3.93. The maximum Gasteiger partial charge on any atom is 0.335 e. The van der Waals surface area contributed by atoms with Crippen molar-refractivity contribution in [3.8, 4) is 5.75 Å². The molecule has 32 heavy (non-hydrogen) atoms. The number of hydrogen-bond donors (Lipinski definition) is 1. The number of benzene rings is 2. The van der Waals surface area contributed by atoms with Gasteiger partial charge in [-0.25, -0.2) is 4.79 Å². The molecule has 0 spiro atoms. The van der Waals surface area contributed by atoms with Gasteiger partial charge in [0.05, 0.1) is 12.2 Å². The molecule has 1 heterocycles. The molecule has 0 radical (unpaired) electrons. The number of carbonyl (C=O) groups is 3. The molecule has 6 heteroatoms. The molecule has 1 aliphatic carbocycles. The molecule has 0 bridgehead atoms. The second kappa shape index (κ2) is 8.26. The fraction of sp³-hybridized carbons (Fsp3) is 0.346. The van der Waals surface area contributed by atoms with Gasteiger partial charge in [-0.05, 0) is 43.0 Å². The van der Waals surface area contributed by atoms with Gasteiger partial charge in [-0.1, -0.05) is 38.1 Å². The van der Waals surface area contributed by atoms with E-state index in [2.05, 4.69) is 0 Å². The van der Waals surface area contributed by atoms with Gasteiger partial charge in [0.1, 0.15) is 5.75 Å². The standard InChI is InChI=1S/C26H27NO5/c1-4-32-22-11-6-5-10-18(22)19-13-23(29)27(17-9-7-8-16(12-17)25(30)31)20-14-26(2,3)15-21(28)24(19)20/h5-12,19H,4,13-15H2,1-3H3,(H,30,31). The number of allylic oxidation sites excluding steroid dienone is 2. The van der Waals surface area contributed by atoms with Crippen LogP contribution >= 0.6 is 0 Å². The van der Waals surface area contributed by atoms with E-state index >= 15 is 0 Å². The molecule has 0 aromatic heterocycles. The van der Waals surface area contributed by atoms with Crippen LogP contribution in [-0.4, -0.2) is 29.4 Å². The maximum absolute atomic E-state index is 13.5. The van der Waals surface area contributed by atoms with Crippen molar-refractivity contribution < 1.29 is 24.2 Å². The zero-order valence-corrected chi connectivity index (χ0v) is 18.6. The average Bonchev–Trinajstić information content (AvgIpc) is 2.73. The summed E-state index contributed by atoms with van der Waals surface area (Å²) in [4.78, 5) is 40.0. The SMILES string of the molecule is CCOc1ccccc1C1CC(=O)N(c2cccc(C(=O)O)c2)C2=C1C(=O)CC(C)(C)C2. The van der Waals surface area contributed by atoms with Crippen molar-refractivity contribution in [1.29, 1.82) is 0 Å². The van der Waals surface area contributed by atoms with E-state index in [0.717, 1.165) is 5.56 Å². The predicted molar refractivity (Wildman–Crippen MR) is 121 cm³/mol. The fourth-order valence-corrected chi connectivity index (χ4v) is 4.81. The van der Waals surface area contributed by atoms with Gasteiger partial charge in [0, 0.05) is 41.3 Å². The summed E-state index contributed by atoms with van der Waals surface area (Å²) in [5.41, 5.74) is 2.41. The lowest BCUT2D eigenvalue weighted by atomic mass is 9.69. The molecule has 2 aromatic rings. The van der Waals surface area contributed by atoms with E-state index in [4.69, 9.17) is 4.74 Å². The first-order chi connectivity index (χ1) is 15.2. The van der Waals surface area contributed by atoms with Crippen LogP contribution in [0.1, 0.15) is 61.9 Å². The monoisotopic (exact) mass is 433 g/mol. The number of hydrogen-bond acceptors (Lipinski definition) is 4. The summed E-state index contributed by atoms with van der Waals surface area (Å²) in [5, 5.41) is 9.42. The molecule has 1 N–H and O–H groups in total. The molecule has 0 saturated heterocycles. The van der Waals surface area contributed by atoms with Crippen LogP contribution in [0.25, 0.3) is 0 Å². The number of nitrogens with zero attached hydrogens (tertiary/aromatic N) is 1. The molecule has 166 valence electrons. The highest BCUT2D eigenvalue weighted by molar-refractivity contribution is 6.08. The second-order valence-corrected chi connectivity index (χ2v) is 9.11. The molecule has 1 amide bonds. The lowest BCUT2D eigenvalue weighted by Crippen LogP contribution is -2.43. The number of carboxylic acids is 1. The van der Waals surface area contributed by atoms with Gasteiger partial charge < -0.3 is 9.84 Å². The highest BCUT2D eigenvalue weighted by Gasteiger charge is 2.45. The summed E-state index contributed by atoms with van der Waals surface area (Å²) < 4.78 is 5.81. The number of Topliss-reactive ketones (excluding diaryl/α,β-unsaturated/α-hetero) is 1. The van der Waals surface area contributed by atoms with Crippen LogP contribution < -0.4 is 9.64 Å². The van der Waals surface area contributed by atoms with E-state index in [1.54, 1.807) is 17.0 Å². The number of anilines is 1. The Kier molecular flexibility index (Phi) is 5.63. The summed E-state index contributed by atoms with van der Waals surface area (Å²) >= 11 is 0. The van der Waals surface area contributed by atoms with Crippen molar-refractivity contribution in [1.82, 2.24) is 0 Å². The number of aromatic carboxylic acids is 1. The Labute approximate surface area is 187 Å². The number of carbonyl (C=O) groups excluding carboxylic acids is 2. The molecule has 4 rings (SSSR count). The first-order valence-corrected chi connectivity index (χ1v) is 10.9. The van der Waals surface area contributed by atoms with Crippen molar-refractivity contribution in [2.75, 3.05) is 11.5 Å². The number of rotatable bonds is 5. The average molecular weight is 434 g/mol. The quantitative estimate of drug-likeness (QED) is 0.721. The second-order valence-electron chi connectivity index (χ2n) is 9.11. The van der Waals surface area contributed by atoms with E-state index in [1.807, 2.05) is 45.0 Å². The van der Waals surface area contributed by atoms with E-state index in [0.29, 0.717) is 42.2 Å². The number of ether oxygens (including phenoxy) is 1. The summed E-state index contributed by atoms with van der Waals surface area (Å²) in [6.45, 7) is 6.42. The molecular weight excluding hydrogens is 406 g/mol. The highest BCUT2D eigenvalue weighted by Crippen LogP contribution is 2.49. The van der Waals surface area contributed by atoms with Crippen molar-refractivity contribution in [2.24, 2.45) is 5.41 Å². The van der Waals surface area contributed by atoms with Crippen LogP contribution in [-0.2, 0) is 9.59 Å². The Morgan fingerprint density at radius 1 is 1.12 bits per heavy atom. The van der Waals surface area contributed by atoms with Gasteiger partial charge in [-0.15, -0.1) is 0 Å². The van der Waals surface area contributed by atoms with Crippen molar-refractivity contribution in [3.05, 3.63) is 70.9 Å². The van der Waals surface area contributed by atoms with Gasteiger partial charge in [0.25, 0.3) is 0 Å². The molecule has 2 aromatic carbocycles. The van der Waals surface area contributed by atoms with Crippen LogP contribution in [0.4, 0.5) is 5.69 Å². The smallest absolute Gasteiger partial charge is 0.335 e. The minimum absolute atomic E-state index is 0.0273. The Morgan fingerprint density at radius 3 is 2.59 bits per heavy atom. The van der Waals surface area contributed by atoms with E-state index < -0.39 is 5.97 Å². The van der Waals surface area contributed by atoms with Gasteiger partial charge in [0.15, 0.2) is 5.78 Å². The summed E-state index contributed by atoms with van der Waals surface area (Å²) in [6, 6.07) is 13.9. The summed E-state index contributed by atoms with van der Waals surface area (Å²) in [7, 11) is 0. The molecule has 0 fully saturated rings. The zero-order valence-electron chi connectivity index (χ0n) is 18.6. The van der Waals surface area contributed by atoms with Crippen LogP contribution in [0.5, 0.6) is 5.75 Å². The normalized spacial score (nSPS) is 20.2. The molecule has 1 atom stereocenters. The Balaban J connectivity index is 1.91. The minimum Gasteiger partial charge on any atom is -0.494 e. The van der Waals surface area contributed by atoms with Crippen LogP contribution in [0, 0.1) is 5.41 Å². The number of ketones is 1. The van der Waals surface area contributed by atoms with Gasteiger partial charge >= 0.3 is 5.97 Å². The number of carboxylic acid groups (broad SMARTS) is 1. The minimum atomic E-state index is -1.06. The Bertz CT molecular complexity index is 1130. The van der Waals surface area contributed by atoms with Crippen molar-refractivity contribution in [3.63, 3.8) is 0 Å². The third-order valence-corrected chi connectivity index (χ3v) is 6.09. The number of amides is 1. The van der Waals surface area contributed by atoms with Crippen molar-refractivity contribution in [2.45, 2.75) is 46.0 Å². The largest absolute Gasteiger partial charge is 0.494 e.